The van der Waals surface area contributed by atoms with Crippen molar-refractivity contribution in [3.63, 3.8) is 0 Å². The largest absolute Gasteiger partial charge is 0.497 e. The molecule has 0 heterocycles. The van der Waals surface area contributed by atoms with E-state index in [9.17, 15) is 0 Å². The fourth-order valence-corrected chi connectivity index (χ4v) is 1.41. The highest BCUT2D eigenvalue weighted by molar-refractivity contribution is 9.10. The van der Waals surface area contributed by atoms with Gasteiger partial charge in [-0.1, -0.05) is 0 Å². The van der Waals surface area contributed by atoms with Crippen LogP contribution in [0.1, 0.15) is 6.92 Å². The third-order valence-corrected chi connectivity index (χ3v) is 2.50. The number of benzene rings is 1. The molecule has 1 atom stereocenters. The molecule has 0 aromatic heterocycles. The van der Waals surface area contributed by atoms with Crippen LogP contribution in [0.5, 0.6) is 11.5 Å². The molecular weight excluding hydrogens is 260 g/mol. The Kier molecular flexibility index (Phi) is 3.96. The Morgan fingerprint density at radius 1 is 1.53 bits per heavy atom. The number of nitrogens with one attached hydrogen (secondary N) is 1. The zero-order chi connectivity index (χ0) is 11.4. The first-order valence-electron chi connectivity index (χ1n) is 4.38. The molecule has 5 heteroatoms. The standard InChI is InChI=1S/C10H13BrN2O2/c1-6(10(12)13)15-9-4-3-7(14-2)5-8(9)11/h3-6H,1-2H3,(H3,12,13). The molecule has 4 nitrogen and oxygen atoms in total. The number of methoxy groups -OCH3 is 1. The van der Waals surface area contributed by atoms with Gasteiger partial charge in [-0.3, -0.25) is 5.41 Å². The fourth-order valence-electron chi connectivity index (χ4n) is 0.958. The fraction of sp³-hybridized carbons (Fsp3) is 0.300. The second kappa shape index (κ2) is 5.02. The molecule has 0 saturated heterocycles. The Bertz CT molecular complexity index is 368. The zero-order valence-corrected chi connectivity index (χ0v) is 10.2. The number of amidine groups is 1. The van der Waals surface area contributed by atoms with Crippen LogP contribution in [0.2, 0.25) is 0 Å². The molecule has 0 amide bonds. The van der Waals surface area contributed by atoms with E-state index in [1.54, 1.807) is 32.2 Å². The van der Waals surface area contributed by atoms with E-state index < -0.39 is 6.10 Å². The molecule has 0 aliphatic heterocycles. The van der Waals surface area contributed by atoms with Crippen LogP contribution in [0.15, 0.2) is 22.7 Å². The van der Waals surface area contributed by atoms with E-state index >= 15 is 0 Å². The molecule has 15 heavy (non-hydrogen) atoms. The summed E-state index contributed by atoms with van der Waals surface area (Å²) in [7, 11) is 1.60. The van der Waals surface area contributed by atoms with Gasteiger partial charge in [-0.15, -0.1) is 0 Å². The first kappa shape index (κ1) is 11.8. The summed E-state index contributed by atoms with van der Waals surface area (Å²) in [6.07, 6.45) is -0.435. The van der Waals surface area contributed by atoms with E-state index in [0.29, 0.717) is 5.75 Å². The second-order valence-corrected chi connectivity index (χ2v) is 3.87. The molecule has 1 aromatic rings. The molecule has 0 saturated carbocycles. The number of ether oxygens (including phenoxy) is 2. The van der Waals surface area contributed by atoms with Crippen molar-refractivity contribution in [1.82, 2.24) is 0 Å². The predicted molar refractivity (Wildman–Crippen MR) is 62.7 cm³/mol. The molecule has 1 unspecified atom stereocenters. The smallest absolute Gasteiger partial charge is 0.152 e. The predicted octanol–water partition coefficient (Wildman–Crippen LogP) is 2.16. The Morgan fingerprint density at radius 3 is 2.67 bits per heavy atom. The number of halogens is 1. The normalized spacial score (nSPS) is 11.9. The van der Waals surface area contributed by atoms with Crippen molar-refractivity contribution in [2.75, 3.05) is 7.11 Å². The zero-order valence-electron chi connectivity index (χ0n) is 8.58. The monoisotopic (exact) mass is 272 g/mol. The molecule has 0 spiro atoms. The Hall–Kier alpha value is -1.23. The van der Waals surface area contributed by atoms with E-state index in [2.05, 4.69) is 15.9 Å². The van der Waals surface area contributed by atoms with Crippen LogP contribution in [0.3, 0.4) is 0 Å². The summed E-state index contributed by atoms with van der Waals surface area (Å²) in [6, 6.07) is 5.34. The van der Waals surface area contributed by atoms with Gasteiger partial charge in [-0.25, -0.2) is 0 Å². The third-order valence-electron chi connectivity index (χ3n) is 1.88. The number of hydrogen-bond donors (Lipinski definition) is 2. The highest BCUT2D eigenvalue weighted by Crippen LogP contribution is 2.29. The van der Waals surface area contributed by atoms with Gasteiger partial charge in [0, 0.05) is 0 Å². The molecular formula is C10H13BrN2O2. The van der Waals surface area contributed by atoms with E-state index in [1.807, 2.05) is 0 Å². The lowest BCUT2D eigenvalue weighted by Gasteiger charge is -2.14. The van der Waals surface area contributed by atoms with Crippen molar-refractivity contribution in [2.45, 2.75) is 13.0 Å². The van der Waals surface area contributed by atoms with Crippen LogP contribution in [0.25, 0.3) is 0 Å². The maximum atomic E-state index is 7.21. The van der Waals surface area contributed by atoms with E-state index in [-0.39, 0.29) is 5.84 Å². The van der Waals surface area contributed by atoms with Gasteiger partial charge in [0.05, 0.1) is 11.6 Å². The maximum absolute atomic E-state index is 7.21. The number of nitrogens with two attached hydrogens (primary N) is 1. The number of hydrogen-bond acceptors (Lipinski definition) is 3. The summed E-state index contributed by atoms with van der Waals surface area (Å²) in [4.78, 5) is 0. The third kappa shape index (κ3) is 3.13. The summed E-state index contributed by atoms with van der Waals surface area (Å²) >= 11 is 3.35. The van der Waals surface area contributed by atoms with Gasteiger partial charge < -0.3 is 15.2 Å². The van der Waals surface area contributed by atoms with E-state index in [0.717, 1.165) is 10.2 Å². The van der Waals surface area contributed by atoms with Crippen LogP contribution in [0, 0.1) is 5.41 Å². The van der Waals surface area contributed by atoms with Crippen molar-refractivity contribution in [3.8, 4) is 11.5 Å². The van der Waals surface area contributed by atoms with Gasteiger partial charge >= 0.3 is 0 Å². The van der Waals surface area contributed by atoms with Crippen molar-refractivity contribution >= 4 is 21.8 Å². The van der Waals surface area contributed by atoms with Crippen molar-refractivity contribution in [2.24, 2.45) is 5.73 Å². The van der Waals surface area contributed by atoms with Crippen LogP contribution in [-0.2, 0) is 0 Å². The first-order chi connectivity index (χ1) is 7.04. The summed E-state index contributed by atoms with van der Waals surface area (Å²) in [5.74, 6) is 1.38. The summed E-state index contributed by atoms with van der Waals surface area (Å²) in [5.41, 5.74) is 5.31. The molecule has 1 aromatic carbocycles. The van der Waals surface area contributed by atoms with Gasteiger partial charge in [-0.05, 0) is 41.1 Å². The summed E-state index contributed by atoms with van der Waals surface area (Å²) in [6.45, 7) is 1.72. The van der Waals surface area contributed by atoms with Crippen LogP contribution < -0.4 is 15.2 Å². The lowest BCUT2D eigenvalue weighted by atomic mass is 10.3. The second-order valence-electron chi connectivity index (χ2n) is 3.01. The van der Waals surface area contributed by atoms with Crippen molar-refractivity contribution in [1.29, 1.82) is 5.41 Å². The maximum Gasteiger partial charge on any atom is 0.152 e. The van der Waals surface area contributed by atoms with Crippen LogP contribution >= 0.6 is 15.9 Å². The Labute approximate surface area is 97.0 Å². The minimum atomic E-state index is -0.435. The average Bonchev–Trinajstić information content (AvgIpc) is 2.20. The van der Waals surface area contributed by atoms with E-state index in [1.165, 1.54) is 0 Å². The molecule has 82 valence electrons. The number of rotatable bonds is 4. The molecule has 0 fully saturated rings. The highest BCUT2D eigenvalue weighted by atomic mass is 79.9. The van der Waals surface area contributed by atoms with Crippen molar-refractivity contribution in [3.05, 3.63) is 22.7 Å². The highest BCUT2D eigenvalue weighted by Gasteiger charge is 2.09. The van der Waals surface area contributed by atoms with Crippen LogP contribution in [-0.4, -0.2) is 19.0 Å². The summed E-state index contributed by atoms with van der Waals surface area (Å²) in [5, 5.41) is 7.21. The molecule has 0 aliphatic carbocycles. The topological polar surface area (TPSA) is 68.3 Å². The van der Waals surface area contributed by atoms with Gasteiger partial charge in [0.25, 0.3) is 0 Å². The molecule has 0 bridgehead atoms. The average molecular weight is 273 g/mol. The lowest BCUT2D eigenvalue weighted by Crippen LogP contribution is -2.30. The van der Waals surface area contributed by atoms with E-state index in [4.69, 9.17) is 20.6 Å². The minimum Gasteiger partial charge on any atom is -0.497 e. The Morgan fingerprint density at radius 2 is 2.20 bits per heavy atom. The SMILES string of the molecule is COc1ccc(OC(C)C(=N)N)c(Br)c1. The molecule has 0 aliphatic rings. The Balaban J connectivity index is 2.82. The first-order valence-corrected chi connectivity index (χ1v) is 5.18. The minimum absolute atomic E-state index is 0.00211. The quantitative estimate of drug-likeness (QED) is 0.652. The molecule has 1 rings (SSSR count). The van der Waals surface area contributed by atoms with Gasteiger partial charge in [-0.2, -0.15) is 0 Å². The molecule has 3 N–H and O–H groups in total. The van der Waals surface area contributed by atoms with Gasteiger partial charge in [0.2, 0.25) is 0 Å². The lowest BCUT2D eigenvalue weighted by molar-refractivity contribution is 0.282. The van der Waals surface area contributed by atoms with Crippen LogP contribution in [0.4, 0.5) is 0 Å². The van der Waals surface area contributed by atoms with Crippen molar-refractivity contribution < 1.29 is 9.47 Å². The summed E-state index contributed by atoms with van der Waals surface area (Å²) < 4.78 is 11.3. The molecule has 0 radical (unpaired) electrons. The van der Waals surface area contributed by atoms with Gasteiger partial charge in [0.1, 0.15) is 17.3 Å². The van der Waals surface area contributed by atoms with Gasteiger partial charge in [0.15, 0.2) is 6.10 Å².